The van der Waals surface area contributed by atoms with Gasteiger partial charge in [-0.15, -0.1) is 0 Å². The van der Waals surface area contributed by atoms with Gasteiger partial charge in [0.25, 0.3) is 0 Å². The fraction of sp³-hybridized carbons (Fsp3) is 0.316. The van der Waals surface area contributed by atoms with E-state index in [9.17, 15) is 4.79 Å². The molecule has 0 spiro atoms. The number of aliphatic imine (C=N–C) groups is 1. The van der Waals surface area contributed by atoms with Crippen LogP contribution in [0.2, 0.25) is 0 Å². The molecule has 2 aromatic rings. The summed E-state index contributed by atoms with van der Waals surface area (Å²) in [7, 11) is 1.64. The van der Waals surface area contributed by atoms with Crippen molar-refractivity contribution in [1.29, 1.82) is 0 Å². The number of rotatable bonds is 4. The number of hydrogen-bond acceptors (Lipinski definition) is 4. The predicted molar refractivity (Wildman–Crippen MR) is 90.5 cm³/mol. The second-order valence-corrected chi connectivity index (χ2v) is 6.39. The highest BCUT2D eigenvalue weighted by Gasteiger charge is 2.28. The molecule has 0 radical (unpaired) electrons. The quantitative estimate of drug-likeness (QED) is 0.812. The zero-order valence-corrected chi connectivity index (χ0v) is 13.7. The van der Waals surface area contributed by atoms with Gasteiger partial charge in [-0.1, -0.05) is 12.1 Å². The lowest BCUT2D eigenvalue weighted by Gasteiger charge is -2.29. The first-order valence-electron chi connectivity index (χ1n) is 7.69. The van der Waals surface area contributed by atoms with E-state index in [0.29, 0.717) is 5.69 Å². The topological polar surface area (TPSA) is 51.5 Å². The van der Waals surface area contributed by atoms with Crippen molar-refractivity contribution in [2.45, 2.75) is 32.2 Å². The summed E-state index contributed by atoms with van der Waals surface area (Å²) in [6, 6.07) is 11.4. The number of Topliss-reactive ketones (excluding diaryl/α,β-unsaturated/α-hetero) is 1. The summed E-state index contributed by atoms with van der Waals surface area (Å²) in [5.74, 6) is 0.761. The second-order valence-electron chi connectivity index (χ2n) is 6.39. The molecule has 0 bridgehead atoms. The van der Waals surface area contributed by atoms with Crippen LogP contribution < -0.4 is 4.74 Å². The van der Waals surface area contributed by atoms with Crippen molar-refractivity contribution in [2.75, 3.05) is 7.11 Å². The van der Waals surface area contributed by atoms with Gasteiger partial charge in [0.2, 0.25) is 0 Å². The number of methoxy groups -OCH3 is 1. The Balaban J connectivity index is 1.97. The SMILES string of the molecule is COc1ccc2c(c1)C(CC(=O)c1ccccn1)=NC(C)(C)C2. The molecule has 2 heterocycles. The summed E-state index contributed by atoms with van der Waals surface area (Å²) in [4.78, 5) is 21.5. The second kappa shape index (κ2) is 5.95. The Hall–Kier alpha value is -2.49. The van der Waals surface area contributed by atoms with E-state index in [0.717, 1.165) is 23.4 Å². The number of ether oxygens (including phenoxy) is 1. The first-order chi connectivity index (χ1) is 11.0. The minimum Gasteiger partial charge on any atom is -0.497 e. The molecule has 3 rings (SSSR count). The molecule has 23 heavy (non-hydrogen) atoms. The summed E-state index contributed by atoms with van der Waals surface area (Å²) >= 11 is 0. The maximum Gasteiger partial charge on any atom is 0.187 e. The maximum absolute atomic E-state index is 12.5. The lowest BCUT2D eigenvalue weighted by Crippen LogP contribution is -2.30. The van der Waals surface area contributed by atoms with Gasteiger partial charge in [0.1, 0.15) is 11.4 Å². The predicted octanol–water partition coefficient (Wildman–Crippen LogP) is 3.49. The van der Waals surface area contributed by atoms with Crippen molar-refractivity contribution >= 4 is 11.5 Å². The highest BCUT2D eigenvalue weighted by atomic mass is 16.5. The van der Waals surface area contributed by atoms with E-state index < -0.39 is 0 Å². The summed E-state index contributed by atoms with van der Waals surface area (Å²) in [6.45, 7) is 4.18. The molecule has 0 amide bonds. The molecule has 4 heteroatoms. The smallest absolute Gasteiger partial charge is 0.187 e. The zero-order valence-electron chi connectivity index (χ0n) is 13.7. The fourth-order valence-corrected chi connectivity index (χ4v) is 2.94. The normalized spacial score (nSPS) is 15.5. The molecule has 0 unspecified atom stereocenters. The number of ketones is 1. The zero-order chi connectivity index (χ0) is 16.4. The van der Waals surface area contributed by atoms with Gasteiger partial charge < -0.3 is 4.74 Å². The number of aromatic nitrogens is 1. The van der Waals surface area contributed by atoms with Crippen molar-refractivity contribution < 1.29 is 9.53 Å². The van der Waals surface area contributed by atoms with Gasteiger partial charge in [0.05, 0.1) is 24.8 Å². The van der Waals surface area contributed by atoms with Crippen LogP contribution >= 0.6 is 0 Å². The molecule has 4 nitrogen and oxygen atoms in total. The molecule has 0 fully saturated rings. The molecule has 118 valence electrons. The Morgan fingerprint density at radius 3 is 2.78 bits per heavy atom. The minimum absolute atomic E-state index is 0.0178. The first kappa shape index (κ1) is 15.4. The van der Waals surface area contributed by atoms with Crippen LogP contribution in [0.4, 0.5) is 0 Å². The number of carbonyl (C=O) groups excluding carboxylic acids is 1. The van der Waals surface area contributed by atoms with Crippen LogP contribution in [0.1, 0.15) is 41.9 Å². The average Bonchev–Trinajstić information content (AvgIpc) is 2.54. The molecule has 1 aliphatic rings. The molecule has 0 saturated carbocycles. The molecule has 0 aliphatic carbocycles. The largest absolute Gasteiger partial charge is 0.497 e. The molecular weight excluding hydrogens is 288 g/mol. The maximum atomic E-state index is 12.5. The van der Waals surface area contributed by atoms with Crippen LogP contribution in [-0.4, -0.2) is 29.1 Å². The molecule has 1 aromatic heterocycles. The van der Waals surface area contributed by atoms with Crippen molar-refractivity contribution in [3.63, 3.8) is 0 Å². The monoisotopic (exact) mass is 308 g/mol. The van der Waals surface area contributed by atoms with E-state index in [1.54, 1.807) is 25.4 Å². The summed E-state index contributed by atoms with van der Waals surface area (Å²) in [5, 5.41) is 0. The molecule has 1 aromatic carbocycles. The Kier molecular flexibility index (Phi) is 3.99. The highest BCUT2D eigenvalue weighted by molar-refractivity contribution is 6.16. The van der Waals surface area contributed by atoms with Crippen LogP contribution in [-0.2, 0) is 6.42 Å². The number of hydrogen-bond donors (Lipinski definition) is 0. The van der Waals surface area contributed by atoms with Crippen molar-refractivity contribution in [3.8, 4) is 5.75 Å². The molecule has 1 aliphatic heterocycles. The summed E-state index contributed by atoms with van der Waals surface area (Å²) in [6.07, 6.45) is 2.74. The van der Waals surface area contributed by atoms with Gasteiger partial charge in [-0.3, -0.25) is 14.8 Å². The molecule has 0 saturated heterocycles. The highest BCUT2D eigenvalue weighted by Crippen LogP contribution is 2.30. The Labute approximate surface area is 136 Å². The van der Waals surface area contributed by atoms with Gasteiger partial charge in [-0.25, -0.2) is 0 Å². The lowest BCUT2D eigenvalue weighted by atomic mass is 9.85. The molecule has 0 atom stereocenters. The molecular formula is C19H20N2O2. The molecule has 0 N–H and O–H groups in total. The van der Waals surface area contributed by atoms with Crippen LogP contribution in [0.5, 0.6) is 5.75 Å². The van der Waals surface area contributed by atoms with Gasteiger partial charge in [0, 0.05) is 11.8 Å². The Morgan fingerprint density at radius 1 is 1.26 bits per heavy atom. The van der Waals surface area contributed by atoms with Crippen molar-refractivity contribution in [3.05, 3.63) is 59.4 Å². The van der Waals surface area contributed by atoms with Gasteiger partial charge >= 0.3 is 0 Å². The van der Waals surface area contributed by atoms with E-state index in [2.05, 4.69) is 24.9 Å². The third-order valence-corrected chi connectivity index (χ3v) is 3.97. The van der Waals surface area contributed by atoms with Gasteiger partial charge in [-0.05, 0) is 50.1 Å². The van der Waals surface area contributed by atoms with Crippen molar-refractivity contribution in [1.82, 2.24) is 4.98 Å². The van der Waals surface area contributed by atoms with E-state index in [-0.39, 0.29) is 17.7 Å². The number of carbonyl (C=O) groups is 1. The van der Waals surface area contributed by atoms with E-state index in [1.165, 1.54) is 5.56 Å². The first-order valence-corrected chi connectivity index (χ1v) is 7.69. The Morgan fingerprint density at radius 2 is 2.09 bits per heavy atom. The van der Waals surface area contributed by atoms with Gasteiger partial charge in [0.15, 0.2) is 5.78 Å². The number of nitrogens with zero attached hydrogens (tertiary/aromatic N) is 2. The van der Waals surface area contributed by atoms with Crippen LogP contribution in [0.25, 0.3) is 0 Å². The van der Waals surface area contributed by atoms with Crippen LogP contribution in [0.15, 0.2) is 47.6 Å². The summed E-state index contributed by atoms with van der Waals surface area (Å²) in [5.41, 5.74) is 3.29. The lowest BCUT2D eigenvalue weighted by molar-refractivity contribution is 0.0996. The van der Waals surface area contributed by atoms with Crippen LogP contribution in [0, 0.1) is 0 Å². The van der Waals surface area contributed by atoms with Crippen molar-refractivity contribution in [2.24, 2.45) is 4.99 Å². The number of fused-ring (bicyclic) bond motifs is 1. The fourth-order valence-electron chi connectivity index (χ4n) is 2.94. The number of benzene rings is 1. The van der Waals surface area contributed by atoms with Crippen LogP contribution in [0.3, 0.4) is 0 Å². The average molecular weight is 308 g/mol. The Bertz CT molecular complexity index is 764. The standard InChI is InChI=1S/C19H20N2O2/c1-19(2)12-13-7-8-14(23-3)10-15(13)17(21-19)11-18(22)16-6-4-5-9-20-16/h4-10H,11-12H2,1-3H3. The van der Waals surface area contributed by atoms with E-state index >= 15 is 0 Å². The van der Waals surface area contributed by atoms with E-state index in [4.69, 9.17) is 9.73 Å². The summed E-state index contributed by atoms with van der Waals surface area (Å²) < 4.78 is 5.32. The third kappa shape index (κ3) is 3.31. The minimum atomic E-state index is -0.207. The number of pyridine rings is 1. The van der Waals surface area contributed by atoms with E-state index in [1.807, 2.05) is 18.2 Å². The van der Waals surface area contributed by atoms with Gasteiger partial charge in [-0.2, -0.15) is 0 Å². The third-order valence-electron chi connectivity index (χ3n) is 3.97.